The van der Waals surface area contributed by atoms with Gasteiger partial charge in [0, 0.05) is 31.3 Å². The van der Waals surface area contributed by atoms with Crippen LogP contribution in [0.15, 0.2) is 29.2 Å². The number of nitrogens with one attached hydrogen (secondary N) is 1. The van der Waals surface area contributed by atoms with Crippen molar-refractivity contribution in [2.75, 3.05) is 19.7 Å². The van der Waals surface area contributed by atoms with Gasteiger partial charge in [-0.2, -0.15) is 17.5 Å². The largest absolute Gasteiger partial charge is 0.465 e. The van der Waals surface area contributed by atoms with E-state index in [-0.39, 0.29) is 35.4 Å². The zero-order chi connectivity index (χ0) is 26.5. The lowest BCUT2D eigenvalue weighted by Crippen LogP contribution is -2.62. The highest BCUT2D eigenvalue weighted by Gasteiger charge is 2.48. The molecule has 0 spiro atoms. The van der Waals surface area contributed by atoms with Gasteiger partial charge in [-0.25, -0.2) is 13.2 Å². The Morgan fingerprint density at radius 2 is 1.78 bits per heavy atom. The summed E-state index contributed by atoms with van der Waals surface area (Å²) in [5, 5.41) is 13.4. The van der Waals surface area contributed by atoms with Gasteiger partial charge in [-0.05, 0) is 82.6 Å². The van der Waals surface area contributed by atoms with Gasteiger partial charge in [0.1, 0.15) is 6.23 Å². The second-order valence-corrected chi connectivity index (χ2v) is 12.9. The summed E-state index contributed by atoms with van der Waals surface area (Å²) in [6.07, 6.45) is -3.01. The average molecular weight is 534 g/mol. The highest BCUT2D eigenvalue weighted by atomic mass is 32.2. The van der Waals surface area contributed by atoms with Gasteiger partial charge >= 0.3 is 12.3 Å². The molecule has 8 nitrogen and oxygen atoms in total. The molecular formula is C24H34F3N3O5S. The van der Waals surface area contributed by atoms with E-state index in [4.69, 9.17) is 4.74 Å². The number of carbonyl (C=O) groups is 1. The number of sulfonamides is 1. The van der Waals surface area contributed by atoms with E-state index in [0.717, 1.165) is 43.5 Å². The molecule has 1 saturated carbocycles. The first-order valence-electron chi connectivity index (χ1n) is 12.3. The molecule has 0 aromatic heterocycles. The van der Waals surface area contributed by atoms with E-state index in [1.54, 1.807) is 0 Å². The molecular weight excluding hydrogens is 499 g/mol. The van der Waals surface area contributed by atoms with Gasteiger partial charge in [-0.3, -0.25) is 10.2 Å². The molecule has 4 unspecified atom stereocenters. The van der Waals surface area contributed by atoms with Gasteiger partial charge in [0.25, 0.3) is 0 Å². The lowest BCUT2D eigenvalue weighted by atomic mass is 9.95. The van der Waals surface area contributed by atoms with Crippen molar-refractivity contribution in [2.45, 2.75) is 81.4 Å². The van der Waals surface area contributed by atoms with Crippen LogP contribution >= 0.6 is 0 Å². The molecule has 2 N–H and O–H groups in total. The number of benzene rings is 1. The maximum Gasteiger partial charge on any atom is 0.416 e. The molecule has 36 heavy (non-hydrogen) atoms. The Bertz CT molecular complexity index is 1060. The SMILES string of the molecule is CC(C)(C)N(C(=O)O)C1CCCOC1NC1CC[C@H]2CN(S(=O)(=O)c3ccc(C(F)(F)F)cc3)CC12. The first kappa shape index (κ1) is 27.2. The lowest BCUT2D eigenvalue weighted by molar-refractivity contribution is -0.137. The fraction of sp³-hybridized carbons (Fsp3) is 0.708. The third kappa shape index (κ3) is 5.36. The summed E-state index contributed by atoms with van der Waals surface area (Å²) in [5.41, 5.74) is -1.51. The second-order valence-electron chi connectivity index (χ2n) is 10.9. The molecule has 2 heterocycles. The number of nitrogens with zero attached hydrogens (tertiary/aromatic N) is 2. The molecule has 3 fully saturated rings. The van der Waals surface area contributed by atoms with Crippen LogP contribution in [0.5, 0.6) is 0 Å². The van der Waals surface area contributed by atoms with Crippen LogP contribution in [0.1, 0.15) is 52.0 Å². The Labute approximate surface area is 209 Å². The van der Waals surface area contributed by atoms with E-state index in [0.29, 0.717) is 19.6 Å². The summed E-state index contributed by atoms with van der Waals surface area (Å²) in [6, 6.07) is 3.17. The van der Waals surface area contributed by atoms with Crippen molar-refractivity contribution in [1.82, 2.24) is 14.5 Å². The number of fused-ring (bicyclic) bond motifs is 1. The van der Waals surface area contributed by atoms with Crippen LogP contribution < -0.4 is 5.32 Å². The van der Waals surface area contributed by atoms with Gasteiger partial charge in [0.2, 0.25) is 10.0 Å². The van der Waals surface area contributed by atoms with Crippen molar-refractivity contribution < 1.29 is 36.2 Å². The molecule has 1 aromatic carbocycles. The van der Waals surface area contributed by atoms with Gasteiger partial charge in [0.15, 0.2) is 0 Å². The zero-order valence-corrected chi connectivity index (χ0v) is 21.5. The minimum Gasteiger partial charge on any atom is -0.465 e. The number of carboxylic acid groups (broad SMARTS) is 1. The molecule has 1 aromatic rings. The van der Waals surface area contributed by atoms with Gasteiger partial charge in [-0.15, -0.1) is 0 Å². The highest BCUT2D eigenvalue weighted by molar-refractivity contribution is 7.89. The molecule has 5 atom stereocenters. The normalized spacial score (nSPS) is 29.8. The number of halogens is 3. The van der Waals surface area contributed by atoms with Crippen molar-refractivity contribution in [1.29, 1.82) is 0 Å². The van der Waals surface area contributed by atoms with E-state index in [9.17, 15) is 31.5 Å². The summed E-state index contributed by atoms with van der Waals surface area (Å²) < 4.78 is 72.4. The molecule has 0 bridgehead atoms. The predicted octanol–water partition coefficient (Wildman–Crippen LogP) is 3.98. The molecule has 2 aliphatic heterocycles. The first-order valence-corrected chi connectivity index (χ1v) is 13.7. The topological polar surface area (TPSA) is 99.2 Å². The Kier molecular flexibility index (Phi) is 7.37. The molecule has 202 valence electrons. The van der Waals surface area contributed by atoms with Crippen LogP contribution in [0.2, 0.25) is 0 Å². The van der Waals surface area contributed by atoms with Crippen molar-refractivity contribution in [3.63, 3.8) is 0 Å². The zero-order valence-electron chi connectivity index (χ0n) is 20.7. The number of alkyl halides is 3. The number of hydrogen-bond donors (Lipinski definition) is 2. The molecule has 4 rings (SSSR count). The molecule has 1 amide bonds. The van der Waals surface area contributed by atoms with Crippen molar-refractivity contribution >= 4 is 16.1 Å². The maximum absolute atomic E-state index is 13.2. The Balaban J connectivity index is 1.47. The first-order chi connectivity index (χ1) is 16.7. The van der Waals surface area contributed by atoms with Gasteiger partial charge < -0.3 is 9.84 Å². The van der Waals surface area contributed by atoms with Crippen molar-refractivity contribution in [3.05, 3.63) is 29.8 Å². The van der Waals surface area contributed by atoms with E-state index in [1.807, 2.05) is 20.8 Å². The minimum atomic E-state index is -4.53. The molecule has 0 radical (unpaired) electrons. The average Bonchev–Trinajstić information content (AvgIpc) is 3.36. The van der Waals surface area contributed by atoms with Crippen LogP contribution in [0.4, 0.5) is 18.0 Å². The molecule has 2 saturated heterocycles. The number of ether oxygens (including phenoxy) is 1. The van der Waals surface area contributed by atoms with Crippen LogP contribution in [-0.2, 0) is 20.9 Å². The molecule has 12 heteroatoms. The summed E-state index contributed by atoms with van der Waals surface area (Å²) in [4.78, 5) is 13.4. The monoisotopic (exact) mass is 533 g/mol. The van der Waals surface area contributed by atoms with Crippen LogP contribution in [0.3, 0.4) is 0 Å². The Hall–Kier alpha value is -1.89. The van der Waals surface area contributed by atoms with Crippen molar-refractivity contribution in [3.8, 4) is 0 Å². The molecule has 1 aliphatic carbocycles. The Morgan fingerprint density at radius 1 is 1.11 bits per heavy atom. The summed E-state index contributed by atoms with van der Waals surface area (Å²) in [6.45, 7) is 6.62. The van der Waals surface area contributed by atoms with Crippen LogP contribution in [0, 0.1) is 11.8 Å². The van der Waals surface area contributed by atoms with Gasteiger partial charge in [0.05, 0.1) is 16.5 Å². The van der Waals surface area contributed by atoms with E-state index in [1.165, 1.54) is 9.21 Å². The van der Waals surface area contributed by atoms with Crippen LogP contribution in [-0.4, -0.2) is 72.4 Å². The smallest absolute Gasteiger partial charge is 0.416 e. The Morgan fingerprint density at radius 3 is 2.36 bits per heavy atom. The van der Waals surface area contributed by atoms with Gasteiger partial charge in [-0.1, -0.05) is 0 Å². The summed E-state index contributed by atoms with van der Waals surface area (Å²) >= 11 is 0. The van der Waals surface area contributed by atoms with E-state index >= 15 is 0 Å². The summed E-state index contributed by atoms with van der Waals surface area (Å²) in [5.74, 6) is 0.125. The third-order valence-electron chi connectivity index (χ3n) is 7.57. The third-order valence-corrected chi connectivity index (χ3v) is 9.42. The predicted molar refractivity (Wildman–Crippen MR) is 126 cm³/mol. The fourth-order valence-electron chi connectivity index (χ4n) is 5.92. The standard InChI is InChI=1S/C24H34F3N3O5S/c1-23(2,3)30(22(31)32)20-5-4-12-35-21(20)28-19-11-6-15-13-29(14-18(15)19)36(33,34)17-9-7-16(8-10-17)24(25,26)27/h7-10,15,18-21,28H,4-6,11-14H2,1-3H3,(H,31,32)/t15-,18?,19?,20?,21?/m0/s1. The molecule has 3 aliphatic rings. The lowest BCUT2D eigenvalue weighted by Gasteiger charge is -2.46. The van der Waals surface area contributed by atoms with Crippen LogP contribution in [0.25, 0.3) is 0 Å². The fourth-order valence-corrected chi connectivity index (χ4v) is 7.45. The quantitative estimate of drug-likeness (QED) is 0.594. The minimum absolute atomic E-state index is 0.00770. The number of hydrogen-bond acceptors (Lipinski definition) is 5. The second kappa shape index (κ2) is 9.77. The number of amides is 1. The maximum atomic E-state index is 13.2. The number of rotatable bonds is 5. The highest BCUT2D eigenvalue weighted by Crippen LogP contribution is 2.41. The van der Waals surface area contributed by atoms with E-state index < -0.39 is 39.6 Å². The van der Waals surface area contributed by atoms with Crippen molar-refractivity contribution in [2.24, 2.45) is 11.8 Å². The summed E-state index contributed by atoms with van der Waals surface area (Å²) in [7, 11) is -3.93. The van der Waals surface area contributed by atoms with E-state index in [2.05, 4.69) is 5.32 Å².